The van der Waals surface area contributed by atoms with Gasteiger partial charge in [-0.25, -0.2) is 15.2 Å². The Morgan fingerprint density at radius 1 is 1.12 bits per heavy atom. The number of nitrogens with zero attached hydrogens (tertiary/aromatic N) is 3. The van der Waals surface area contributed by atoms with Crippen LogP contribution in [0.25, 0.3) is 0 Å². The maximum atomic E-state index is 13.0. The maximum Gasteiger partial charge on any atom is 0.408 e. The lowest BCUT2D eigenvalue weighted by Crippen LogP contribution is -2.47. The van der Waals surface area contributed by atoms with E-state index in [1.165, 1.54) is 19.7 Å². The molecule has 42 heavy (non-hydrogen) atoms. The van der Waals surface area contributed by atoms with E-state index in [0.717, 1.165) is 11.1 Å². The lowest BCUT2D eigenvalue weighted by molar-refractivity contribution is -0.123. The molecular formula is C30H27BrN6O5. The Balaban J connectivity index is 1.40. The number of hydrazone groups is 1. The standard InChI is InChI=1S/C30H27BrN6O5/c1-40-27-11-23(25(31)13-28(27)41-18-22-10-6-5-9-21(22)14-32)15-35-37-29(38)26(12-24-16-33-19-34-24)36-30(39)42-17-20-7-3-2-4-8-20/h2-11,13,15-16,19,26H,12,17-18H2,1H3,(H,33,34)(H,36,39)(H,37,38)/b35-15-/t26-/m1/s1. The highest BCUT2D eigenvalue weighted by molar-refractivity contribution is 9.10. The first-order chi connectivity index (χ1) is 20.5. The van der Waals surface area contributed by atoms with Crippen LogP contribution in [0.3, 0.4) is 0 Å². The molecule has 0 bridgehead atoms. The van der Waals surface area contributed by atoms with Gasteiger partial charge in [0.15, 0.2) is 11.5 Å². The zero-order valence-corrected chi connectivity index (χ0v) is 24.1. The highest BCUT2D eigenvalue weighted by Crippen LogP contribution is 2.33. The Labute approximate surface area is 250 Å². The molecule has 1 atom stereocenters. The van der Waals surface area contributed by atoms with E-state index in [4.69, 9.17) is 14.2 Å². The van der Waals surface area contributed by atoms with E-state index in [0.29, 0.717) is 32.8 Å². The van der Waals surface area contributed by atoms with Crippen LogP contribution < -0.4 is 20.2 Å². The van der Waals surface area contributed by atoms with Gasteiger partial charge >= 0.3 is 6.09 Å². The van der Waals surface area contributed by atoms with E-state index in [1.807, 2.05) is 42.5 Å². The predicted molar refractivity (Wildman–Crippen MR) is 158 cm³/mol. The molecule has 214 valence electrons. The Morgan fingerprint density at radius 2 is 1.90 bits per heavy atom. The second-order valence-electron chi connectivity index (χ2n) is 8.86. The van der Waals surface area contributed by atoms with E-state index >= 15 is 0 Å². The first-order valence-electron chi connectivity index (χ1n) is 12.7. The molecule has 0 fully saturated rings. The average Bonchev–Trinajstić information content (AvgIpc) is 3.53. The molecule has 3 N–H and O–H groups in total. The van der Waals surface area contributed by atoms with Gasteiger partial charge in [-0.3, -0.25) is 4.79 Å². The van der Waals surface area contributed by atoms with Gasteiger partial charge in [-0.1, -0.05) is 48.5 Å². The SMILES string of the molecule is COc1cc(/C=N\NC(=O)[C@@H](Cc2cnc[nH]2)NC(=O)OCc2ccccc2)c(Br)cc1OCc1ccccc1C#N. The number of H-pyrrole nitrogens is 1. The molecule has 12 heteroatoms. The number of alkyl carbamates (subject to hydrolysis) is 1. The number of hydrogen-bond donors (Lipinski definition) is 3. The molecule has 0 saturated carbocycles. The topological polar surface area (TPSA) is 151 Å². The van der Waals surface area contributed by atoms with E-state index in [1.54, 1.807) is 30.5 Å². The summed E-state index contributed by atoms with van der Waals surface area (Å²) in [6, 6.07) is 20.9. The fraction of sp³-hybridized carbons (Fsp3) is 0.167. The van der Waals surface area contributed by atoms with Crippen molar-refractivity contribution in [2.24, 2.45) is 5.10 Å². The lowest BCUT2D eigenvalue weighted by Gasteiger charge is -2.16. The first kappa shape index (κ1) is 29.8. The van der Waals surface area contributed by atoms with Gasteiger partial charge < -0.3 is 24.5 Å². The fourth-order valence-corrected chi connectivity index (χ4v) is 4.23. The largest absolute Gasteiger partial charge is 0.493 e. The molecule has 1 aromatic heterocycles. The van der Waals surface area contributed by atoms with Crippen molar-refractivity contribution in [3.8, 4) is 17.6 Å². The minimum atomic E-state index is -0.990. The number of methoxy groups -OCH3 is 1. The molecule has 0 spiro atoms. The molecule has 0 saturated heterocycles. The van der Waals surface area contributed by atoms with Crippen molar-refractivity contribution < 1.29 is 23.8 Å². The number of carbonyl (C=O) groups is 2. The number of imidazole rings is 1. The number of rotatable bonds is 12. The molecule has 0 aliphatic carbocycles. The maximum absolute atomic E-state index is 13.0. The predicted octanol–water partition coefficient (Wildman–Crippen LogP) is 4.62. The summed E-state index contributed by atoms with van der Waals surface area (Å²) in [5.74, 6) is 0.327. The zero-order chi connectivity index (χ0) is 29.7. The van der Waals surface area contributed by atoms with Gasteiger partial charge in [-0.05, 0) is 39.7 Å². The van der Waals surface area contributed by atoms with Gasteiger partial charge in [-0.15, -0.1) is 0 Å². The van der Waals surface area contributed by atoms with E-state index in [2.05, 4.69) is 47.8 Å². The van der Waals surface area contributed by atoms with Gasteiger partial charge in [0.05, 0.1) is 31.3 Å². The number of amides is 2. The van der Waals surface area contributed by atoms with Crippen molar-refractivity contribution in [2.45, 2.75) is 25.7 Å². The fourth-order valence-electron chi connectivity index (χ4n) is 3.81. The summed E-state index contributed by atoms with van der Waals surface area (Å²) in [5, 5.41) is 16.0. The molecule has 0 aliphatic heterocycles. The summed E-state index contributed by atoms with van der Waals surface area (Å²) in [7, 11) is 1.50. The van der Waals surface area contributed by atoms with Crippen molar-refractivity contribution in [3.63, 3.8) is 0 Å². The normalized spacial score (nSPS) is 11.4. The number of nitriles is 1. The average molecular weight is 631 g/mol. The molecule has 0 unspecified atom stereocenters. The van der Waals surface area contributed by atoms with Crippen LogP contribution in [0.2, 0.25) is 0 Å². The van der Waals surface area contributed by atoms with Crippen LogP contribution in [0.15, 0.2) is 88.8 Å². The molecule has 3 aromatic carbocycles. The van der Waals surface area contributed by atoms with Crippen molar-refractivity contribution in [1.82, 2.24) is 20.7 Å². The number of nitrogens with one attached hydrogen (secondary N) is 3. The van der Waals surface area contributed by atoms with Crippen LogP contribution >= 0.6 is 15.9 Å². The minimum absolute atomic E-state index is 0.0592. The monoisotopic (exact) mass is 630 g/mol. The molecule has 2 amide bonds. The number of aromatic amines is 1. The quantitative estimate of drug-likeness (QED) is 0.153. The first-order valence-corrected chi connectivity index (χ1v) is 13.5. The highest BCUT2D eigenvalue weighted by atomic mass is 79.9. The second-order valence-corrected chi connectivity index (χ2v) is 9.71. The number of aromatic nitrogens is 2. The van der Waals surface area contributed by atoms with Crippen molar-refractivity contribution in [1.29, 1.82) is 5.26 Å². The smallest absolute Gasteiger partial charge is 0.408 e. The van der Waals surface area contributed by atoms with Crippen molar-refractivity contribution in [2.75, 3.05) is 7.11 Å². The third kappa shape index (κ3) is 8.42. The van der Waals surface area contributed by atoms with Gasteiger partial charge in [0.2, 0.25) is 0 Å². The van der Waals surface area contributed by atoms with Crippen molar-refractivity contribution >= 4 is 34.1 Å². The molecule has 4 rings (SSSR count). The Hall–Kier alpha value is -5.15. The van der Waals surface area contributed by atoms with Crippen LogP contribution in [0.1, 0.15) is 27.9 Å². The third-order valence-electron chi connectivity index (χ3n) is 5.98. The lowest BCUT2D eigenvalue weighted by atomic mass is 10.1. The Morgan fingerprint density at radius 3 is 2.64 bits per heavy atom. The van der Waals surface area contributed by atoms with Gasteiger partial charge in [0.25, 0.3) is 5.91 Å². The van der Waals surface area contributed by atoms with Crippen LogP contribution in [0, 0.1) is 11.3 Å². The second kappa shape index (κ2) is 15.0. The summed E-state index contributed by atoms with van der Waals surface area (Å²) in [4.78, 5) is 32.3. The highest BCUT2D eigenvalue weighted by Gasteiger charge is 2.22. The minimum Gasteiger partial charge on any atom is -0.493 e. The van der Waals surface area contributed by atoms with Crippen LogP contribution in [0.4, 0.5) is 4.79 Å². The number of ether oxygens (including phenoxy) is 3. The summed E-state index contributed by atoms with van der Waals surface area (Å²) >= 11 is 3.49. The van der Waals surface area contributed by atoms with E-state index < -0.39 is 18.0 Å². The molecule has 1 heterocycles. The molecule has 0 radical (unpaired) electrons. The number of halogens is 1. The summed E-state index contributed by atoms with van der Waals surface area (Å²) < 4.78 is 17.3. The van der Waals surface area contributed by atoms with E-state index in [9.17, 15) is 14.9 Å². The van der Waals surface area contributed by atoms with Crippen molar-refractivity contribution in [3.05, 3.63) is 112 Å². The van der Waals surface area contributed by atoms with Gasteiger partial charge in [0.1, 0.15) is 19.3 Å². The number of carbonyl (C=O) groups excluding carboxylic acids is 2. The third-order valence-corrected chi connectivity index (χ3v) is 6.67. The summed E-state index contributed by atoms with van der Waals surface area (Å²) in [5.41, 5.74) is 5.79. The molecule has 4 aromatic rings. The van der Waals surface area contributed by atoms with Gasteiger partial charge in [0, 0.05) is 33.9 Å². The van der Waals surface area contributed by atoms with Crippen LogP contribution in [0.5, 0.6) is 11.5 Å². The summed E-state index contributed by atoms with van der Waals surface area (Å²) in [6.07, 6.45) is 3.87. The van der Waals surface area contributed by atoms with Gasteiger partial charge in [-0.2, -0.15) is 10.4 Å². The molecule has 0 aliphatic rings. The number of benzene rings is 3. The molecular weight excluding hydrogens is 604 g/mol. The summed E-state index contributed by atoms with van der Waals surface area (Å²) in [6.45, 7) is 0.234. The van der Waals surface area contributed by atoms with Crippen LogP contribution in [-0.4, -0.2) is 41.3 Å². The molecule has 11 nitrogen and oxygen atoms in total. The van der Waals surface area contributed by atoms with Crippen LogP contribution in [-0.2, 0) is 29.2 Å². The van der Waals surface area contributed by atoms with E-state index in [-0.39, 0.29) is 19.6 Å². The Bertz CT molecular complexity index is 1570. The zero-order valence-electron chi connectivity index (χ0n) is 22.5. The Kier molecular flexibility index (Phi) is 10.7. The number of hydrogen-bond acceptors (Lipinski definition) is 8.